The number of carbonyl (C=O) groups is 1. The van der Waals surface area contributed by atoms with E-state index in [4.69, 9.17) is 4.74 Å². The minimum absolute atomic E-state index is 0.106. The molecule has 5 nitrogen and oxygen atoms in total. The third kappa shape index (κ3) is 4.06. The fourth-order valence-corrected chi connectivity index (χ4v) is 3.70. The number of benzene rings is 2. The monoisotopic (exact) mass is 381 g/mol. The van der Waals surface area contributed by atoms with Gasteiger partial charge in [-0.25, -0.2) is 0 Å². The Bertz CT molecular complexity index is 978. The lowest BCUT2D eigenvalue weighted by Crippen LogP contribution is -2.07. The predicted octanol–water partition coefficient (Wildman–Crippen LogP) is 4.39. The Morgan fingerprint density at radius 1 is 1.04 bits per heavy atom. The van der Waals surface area contributed by atoms with Crippen LogP contribution < -0.4 is 4.74 Å². The second-order valence-corrected chi connectivity index (χ2v) is 7.50. The molecule has 0 aliphatic heterocycles. The van der Waals surface area contributed by atoms with Gasteiger partial charge in [0.05, 0.1) is 12.9 Å². The van der Waals surface area contributed by atoms with E-state index in [0.717, 1.165) is 39.0 Å². The smallest absolute Gasteiger partial charge is 0.191 e. The molecule has 0 unspecified atom stereocenters. The van der Waals surface area contributed by atoms with Gasteiger partial charge in [0.25, 0.3) is 0 Å². The summed E-state index contributed by atoms with van der Waals surface area (Å²) >= 11 is 1.41. The lowest BCUT2D eigenvalue weighted by atomic mass is 9.99. The van der Waals surface area contributed by atoms with Crippen molar-refractivity contribution in [3.63, 3.8) is 0 Å². The maximum atomic E-state index is 12.7. The minimum Gasteiger partial charge on any atom is -0.497 e. The first kappa shape index (κ1) is 19.2. The van der Waals surface area contributed by atoms with Crippen LogP contribution in [-0.2, 0) is 7.05 Å². The third-order valence-electron chi connectivity index (χ3n) is 4.66. The topological polar surface area (TPSA) is 57.0 Å². The molecule has 1 heterocycles. The molecule has 0 spiro atoms. The molecule has 0 fully saturated rings. The summed E-state index contributed by atoms with van der Waals surface area (Å²) in [6.45, 7) is 6.07. The first-order valence-corrected chi connectivity index (χ1v) is 9.67. The van der Waals surface area contributed by atoms with Crippen molar-refractivity contribution in [2.45, 2.75) is 25.9 Å². The molecular weight excluding hydrogens is 358 g/mol. The molecule has 140 valence electrons. The summed E-state index contributed by atoms with van der Waals surface area (Å²) in [5.74, 6) is 1.99. The highest BCUT2D eigenvalue weighted by atomic mass is 32.2. The molecule has 0 bridgehead atoms. The van der Waals surface area contributed by atoms with Gasteiger partial charge in [-0.15, -0.1) is 10.2 Å². The number of methoxy groups -OCH3 is 1. The summed E-state index contributed by atoms with van der Waals surface area (Å²) in [6, 6.07) is 11.7. The number of rotatable bonds is 6. The van der Waals surface area contributed by atoms with E-state index in [0.29, 0.717) is 5.75 Å². The van der Waals surface area contributed by atoms with E-state index in [2.05, 4.69) is 23.2 Å². The third-order valence-corrected chi connectivity index (χ3v) is 5.68. The molecule has 0 amide bonds. The van der Waals surface area contributed by atoms with Crippen LogP contribution in [0, 0.1) is 20.8 Å². The normalized spacial score (nSPS) is 10.9. The first-order valence-electron chi connectivity index (χ1n) is 8.68. The van der Waals surface area contributed by atoms with E-state index in [-0.39, 0.29) is 5.78 Å². The second kappa shape index (κ2) is 7.96. The Kier molecular flexibility index (Phi) is 5.65. The number of aromatic nitrogens is 3. The van der Waals surface area contributed by atoms with Crippen molar-refractivity contribution in [1.29, 1.82) is 0 Å². The van der Waals surface area contributed by atoms with E-state index in [1.54, 1.807) is 7.11 Å². The van der Waals surface area contributed by atoms with E-state index < -0.39 is 0 Å². The summed E-state index contributed by atoms with van der Waals surface area (Å²) in [6.07, 6.45) is 0. The maximum absolute atomic E-state index is 12.7. The zero-order valence-corrected chi connectivity index (χ0v) is 17.1. The van der Waals surface area contributed by atoms with Crippen molar-refractivity contribution in [2.75, 3.05) is 12.9 Å². The predicted molar refractivity (Wildman–Crippen MR) is 109 cm³/mol. The molecular formula is C21H23N3O2S. The Labute approximate surface area is 163 Å². The van der Waals surface area contributed by atoms with Crippen LogP contribution in [0.5, 0.6) is 5.75 Å². The maximum Gasteiger partial charge on any atom is 0.191 e. The van der Waals surface area contributed by atoms with Crippen LogP contribution in [0.2, 0.25) is 0 Å². The highest BCUT2D eigenvalue weighted by Gasteiger charge is 2.15. The Balaban J connectivity index is 1.74. The molecule has 2 aromatic carbocycles. The highest BCUT2D eigenvalue weighted by molar-refractivity contribution is 7.99. The second-order valence-electron chi connectivity index (χ2n) is 6.56. The van der Waals surface area contributed by atoms with E-state index in [9.17, 15) is 4.79 Å². The molecule has 0 radical (unpaired) electrons. The van der Waals surface area contributed by atoms with Gasteiger partial charge in [-0.1, -0.05) is 17.8 Å². The summed E-state index contributed by atoms with van der Waals surface area (Å²) in [7, 11) is 3.55. The summed E-state index contributed by atoms with van der Waals surface area (Å²) in [5, 5.41) is 9.24. The number of aryl methyl sites for hydroxylation is 3. The van der Waals surface area contributed by atoms with E-state index in [1.165, 1.54) is 17.3 Å². The van der Waals surface area contributed by atoms with Gasteiger partial charge in [-0.2, -0.15) is 0 Å². The van der Waals surface area contributed by atoms with Gasteiger partial charge in [-0.3, -0.25) is 4.79 Å². The number of ether oxygens (including phenoxy) is 1. The number of carbonyl (C=O) groups excluding carboxylic acids is 1. The first-order chi connectivity index (χ1) is 12.9. The number of hydrogen-bond acceptors (Lipinski definition) is 5. The largest absolute Gasteiger partial charge is 0.497 e. The zero-order chi connectivity index (χ0) is 19.6. The van der Waals surface area contributed by atoms with E-state index >= 15 is 0 Å². The van der Waals surface area contributed by atoms with Crippen LogP contribution in [0.25, 0.3) is 11.4 Å². The van der Waals surface area contributed by atoms with Crippen LogP contribution in [0.1, 0.15) is 27.0 Å². The van der Waals surface area contributed by atoms with Gasteiger partial charge >= 0.3 is 0 Å². The number of ketones is 1. The van der Waals surface area contributed by atoms with Gasteiger partial charge in [0.2, 0.25) is 0 Å². The SMILES string of the molecule is COc1ccc(-c2nnc(SCC(=O)c3cc(C)c(C)cc3C)n2C)cc1. The Morgan fingerprint density at radius 2 is 1.70 bits per heavy atom. The molecule has 3 rings (SSSR count). The van der Waals surface area contributed by atoms with Crippen molar-refractivity contribution < 1.29 is 9.53 Å². The number of nitrogens with zero attached hydrogens (tertiary/aromatic N) is 3. The Morgan fingerprint density at radius 3 is 2.37 bits per heavy atom. The molecule has 0 saturated heterocycles. The van der Waals surface area contributed by atoms with Gasteiger partial charge in [0, 0.05) is 18.2 Å². The van der Waals surface area contributed by atoms with E-state index in [1.807, 2.05) is 55.8 Å². The molecule has 0 aliphatic rings. The molecule has 0 atom stereocenters. The van der Waals surface area contributed by atoms with Crippen LogP contribution in [0.3, 0.4) is 0 Å². The quantitative estimate of drug-likeness (QED) is 0.468. The molecule has 1 aromatic heterocycles. The van der Waals surface area contributed by atoms with Gasteiger partial charge < -0.3 is 9.30 Å². The minimum atomic E-state index is 0.106. The fraction of sp³-hybridized carbons (Fsp3) is 0.286. The number of hydrogen-bond donors (Lipinski definition) is 0. The summed E-state index contributed by atoms with van der Waals surface area (Å²) in [4.78, 5) is 12.7. The molecule has 27 heavy (non-hydrogen) atoms. The summed E-state index contributed by atoms with van der Waals surface area (Å²) < 4.78 is 7.10. The average molecular weight is 382 g/mol. The zero-order valence-electron chi connectivity index (χ0n) is 16.2. The summed E-state index contributed by atoms with van der Waals surface area (Å²) in [5.41, 5.74) is 5.08. The number of Topliss-reactive ketones (excluding diaryl/α,β-unsaturated/α-hetero) is 1. The molecule has 0 saturated carbocycles. The molecule has 6 heteroatoms. The van der Waals surface area contributed by atoms with Gasteiger partial charge in [0.15, 0.2) is 16.8 Å². The molecule has 0 aliphatic carbocycles. The van der Waals surface area contributed by atoms with Crippen molar-refractivity contribution in [2.24, 2.45) is 7.05 Å². The van der Waals surface area contributed by atoms with Crippen molar-refractivity contribution in [3.05, 3.63) is 58.7 Å². The highest BCUT2D eigenvalue weighted by Crippen LogP contribution is 2.25. The van der Waals surface area contributed by atoms with Crippen molar-refractivity contribution in [1.82, 2.24) is 14.8 Å². The lowest BCUT2D eigenvalue weighted by Gasteiger charge is -2.09. The molecule has 3 aromatic rings. The number of thioether (sulfide) groups is 1. The van der Waals surface area contributed by atoms with Crippen molar-refractivity contribution >= 4 is 17.5 Å². The van der Waals surface area contributed by atoms with Gasteiger partial charge in [0.1, 0.15) is 5.75 Å². The Hall–Kier alpha value is -2.60. The average Bonchev–Trinajstić information content (AvgIpc) is 3.03. The standard InChI is InChI=1S/C21H23N3O2S/c1-13-10-15(3)18(11-14(13)2)19(25)12-27-21-23-22-20(24(21)4)16-6-8-17(26-5)9-7-16/h6-11H,12H2,1-5H3. The molecule has 0 N–H and O–H groups in total. The van der Waals surface area contributed by atoms with Crippen LogP contribution >= 0.6 is 11.8 Å². The lowest BCUT2D eigenvalue weighted by molar-refractivity contribution is 0.102. The van der Waals surface area contributed by atoms with Gasteiger partial charge in [-0.05, 0) is 67.8 Å². The van der Waals surface area contributed by atoms with Crippen LogP contribution in [-0.4, -0.2) is 33.4 Å². The van der Waals surface area contributed by atoms with Crippen LogP contribution in [0.15, 0.2) is 41.6 Å². The van der Waals surface area contributed by atoms with Crippen molar-refractivity contribution in [3.8, 4) is 17.1 Å². The fourth-order valence-electron chi connectivity index (χ4n) is 2.90. The van der Waals surface area contributed by atoms with Crippen LogP contribution in [0.4, 0.5) is 0 Å².